The van der Waals surface area contributed by atoms with Gasteiger partial charge in [-0.2, -0.15) is 0 Å². The van der Waals surface area contributed by atoms with Crippen LogP contribution in [0.2, 0.25) is 0 Å². The molecule has 2 aromatic carbocycles. The van der Waals surface area contributed by atoms with Gasteiger partial charge in [-0.05, 0) is 40.8 Å². The maximum atomic E-state index is 4.46. The second kappa shape index (κ2) is 3.17. The lowest BCUT2D eigenvalue weighted by Gasteiger charge is -2.19. The fourth-order valence-corrected chi connectivity index (χ4v) is 2.79. The molecule has 0 spiro atoms. The van der Waals surface area contributed by atoms with Gasteiger partial charge in [0.05, 0.1) is 5.52 Å². The summed E-state index contributed by atoms with van der Waals surface area (Å²) in [7, 11) is 0. The number of nitrogens with zero attached hydrogens (tertiary/aromatic N) is 1. The maximum absolute atomic E-state index is 4.46. The first-order chi connectivity index (χ1) is 8.43. The molecule has 0 bridgehead atoms. The van der Waals surface area contributed by atoms with E-state index in [0.29, 0.717) is 0 Å². The Bertz CT molecular complexity index is 723. The second-order valence-corrected chi connectivity index (χ2v) is 4.50. The van der Waals surface area contributed by atoms with Crippen LogP contribution in [0.1, 0.15) is 11.1 Å². The van der Waals surface area contributed by atoms with E-state index in [1.54, 1.807) is 0 Å². The van der Waals surface area contributed by atoms with Gasteiger partial charge >= 0.3 is 0 Å². The molecule has 1 nitrogen and oxygen atoms in total. The second-order valence-electron chi connectivity index (χ2n) is 4.50. The quantitative estimate of drug-likeness (QED) is 0.436. The van der Waals surface area contributed by atoms with Crippen LogP contribution < -0.4 is 0 Å². The van der Waals surface area contributed by atoms with Crippen LogP contribution >= 0.6 is 0 Å². The van der Waals surface area contributed by atoms with Crippen molar-refractivity contribution in [3.8, 4) is 11.1 Å². The van der Waals surface area contributed by atoms with Gasteiger partial charge in [-0.3, -0.25) is 4.98 Å². The molecular formula is C16H11N. The van der Waals surface area contributed by atoms with Gasteiger partial charge in [-0.15, -0.1) is 0 Å². The van der Waals surface area contributed by atoms with Crippen LogP contribution in [-0.4, -0.2) is 4.98 Å². The van der Waals surface area contributed by atoms with Crippen LogP contribution in [0.5, 0.6) is 0 Å². The number of hydrogen-bond acceptors (Lipinski definition) is 1. The lowest BCUT2D eigenvalue weighted by atomic mass is 9.85. The van der Waals surface area contributed by atoms with E-state index in [1.165, 1.54) is 27.6 Å². The molecule has 0 radical (unpaired) electrons. The summed E-state index contributed by atoms with van der Waals surface area (Å²) < 4.78 is 0. The average Bonchev–Trinajstić information content (AvgIpc) is 2.39. The van der Waals surface area contributed by atoms with E-state index in [0.717, 1.165) is 11.9 Å². The minimum atomic E-state index is 1.02. The summed E-state index contributed by atoms with van der Waals surface area (Å²) in [5, 5.41) is 1.33. The number of pyridine rings is 1. The maximum Gasteiger partial charge on any atom is 0.0711 e. The summed E-state index contributed by atoms with van der Waals surface area (Å²) >= 11 is 0. The Kier molecular flexibility index (Phi) is 1.67. The topological polar surface area (TPSA) is 12.9 Å². The van der Waals surface area contributed by atoms with Crippen LogP contribution in [0.3, 0.4) is 0 Å². The molecule has 1 heteroatoms. The molecule has 1 aliphatic carbocycles. The molecule has 17 heavy (non-hydrogen) atoms. The zero-order valence-electron chi connectivity index (χ0n) is 9.35. The van der Waals surface area contributed by atoms with E-state index in [9.17, 15) is 0 Å². The van der Waals surface area contributed by atoms with Crippen molar-refractivity contribution in [3.63, 3.8) is 0 Å². The van der Waals surface area contributed by atoms with E-state index < -0.39 is 0 Å². The summed E-state index contributed by atoms with van der Waals surface area (Å²) in [6.07, 6.45) is 2.93. The number of benzene rings is 2. The molecule has 3 aromatic rings. The summed E-state index contributed by atoms with van der Waals surface area (Å²) in [5.41, 5.74) is 6.60. The number of hydrogen-bond donors (Lipinski definition) is 0. The lowest BCUT2D eigenvalue weighted by molar-refractivity contribution is 1.19. The molecule has 0 fully saturated rings. The van der Waals surface area contributed by atoms with Crippen LogP contribution in [-0.2, 0) is 6.42 Å². The first-order valence-electron chi connectivity index (χ1n) is 5.88. The number of aromatic nitrogens is 1. The molecule has 0 N–H and O–H groups in total. The summed E-state index contributed by atoms with van der Waals surface area (Å²) in [4.78, 5) is 4.46. The highest BCUT2D eigenvalue weighted by Crippen LogP contribution is 2.37. The SMILES string of the molecule is c1ccc2c(c1)Cc1cccc3nccc-2c13. The zero-order valence-corrected chi connectivity index (χ0v) is 9.35. The number of fused-ring (bicyclic) bond motifs is 2. The van der Waals surface area contributed by atoms with Crippen molar-refractivity contribution < 1.29 is 0 Å². The molecule has 0 atom stereocenters. The lowest BCUT2D eigenvalue weighted by Crippen LogP contribution is -2.01. The fraction of sp³-hybridized carbons (Fsp3) is 0.0625. The van der Waals surface area contributed by atoms with Crippen molar-refractivity contribution in [1.82, 2.24) is 4.98 Å². The molecule has 80 valence electrons. The molecule has 1 aliphatic rings. The molecule has 0 saturated carbocycles. The monoisotopic (exact) mass is 217 g/mol. The summed E-state index contributed by atoms with van der Waals surface area (Å²) in [6.45, 7) is 0. The molecule has 4 rings (SSSR count). The van der Waals surface area contributed by atoms with Crippen LogP contribution in [0.4, 0.5) is 0 Å². The highest BCUT2D eigenvalue weighted by atomic mass is 14.6. The van der Waals surface area contributed by atoms with Crippen molar-refractivity contribution in [2.24, 2.45) is 0 Å². The average molecular weight is 217 g/mol. The Morgan fingerprint density at radius 1 is 0.765 bits per heavy atom. The van der Waals surface area contributed by atoms with Gasteiger partial charge in [0.25, 0.3) is 0 Å². The van der Waals surface area contributed by atoms with Crippen molar-refractivity contribution in [1.29, 1.82) is 0 Å². The van der Waals surface area contributed by atoms with E-state index in [1.807, 2.05) is 6.20 Å². The van der Waals surface area contributed by atoms with E-state index >= 15 is 0 Å². The molecule has 0 saturated heterocycles. The zero-order chi connectivity index (χ0) is 11.2. The Hall–Kier alpha value is -2.15. The Balaban J connectivity index is 2.22. The smallest absolute Gasteiger partial charge is 0.0711 e. The third-order valence-corrected chi connectivity index (χ3v) is 3.54. The van der Waals surface area contributed by atoms with E-state index in [4.69, 9.17) is 0 Å². The van der Waals surface area contributed by atoms with Crippen LogP contribution in [0, 0.1) is 0 Å². The van der Waals surface area contributed by atoms with Gasteiger partial charge in [0, 0.05) is 11.6 Å². The third-order valence-electron chi connectivity index (χ3n) is 3.54. The Morgan fingerprint density at radius 2 is 1.65 bits per heavy atom. The molecular weight excluding hydrogens is 206 g/mol. The highest BCUT2D eigenvalue weighted by molar-refractivity contribution is 5.99. The van der Waals surface area contributed by atoms with Crippen molar-refractivity contribution in [3.05, 3.63) is 65.9 Å². The third kappa shape index (κ3) is 1.17. The predicted molar refractivity (Wildman–Crippen MR) is 70.0 cm³/mol. The van der Waals surface area contributed by atoms with Crippen molar-refractivity contribution in [2.75, 3.05) is 0 Å². The fourth-order valence-electron chi connectivity index (χ4n) is 2.79. The normalized spacial score (nSPS) is 12.5. The molecule has 0 aliphatic heterocycles. The van der Waals surface area contributed by atoms with E-state index in [-0.39, 0.29) is 0 Å². The van der Waals surface area contributed by atoms with Crippen molar-refractivity contribution in [2.45, 2.75) is 6.42 Å². The Labute approximate surface area is 99.7 Å². The minimum absolute atomic E-state index is 1.02. The van der Waals surface area contributed by atoms with Gasteiger partial charge in [0.1, 0.15) is 0 Å². The minimum Gasteiger partial charge on any atom is -0.256 e. The van der Waals surface area contributed by atoms with Gasteiger partial charge < -0.3 is 0 Å². The first-order valence-corrected chi connectivity index (χ1v) is 5.88. The summed E-state index contributed by atoms with van der Waals surface area (Å²) in [6, 6.07) is 17.2. The van der Waals surface area contributed by atoms with Crippen LogP contribution in [0.25, 0.3) is 22.0 Å². The Morgan fingerprint density at radius 3 is 2.65 bits per heavy atom. The van der Waals surface area contributed by atoms with Crippen molar-refractivity contribution >= 4 is 10.9 Å². The van der Waals surface area contributed by atoms with Gasteiger partial charge in [-0.1, -0.05) is 36.4 Å². The standard InChI is InChI=1S/C16H11N/c1-2-6-13-11(4-1)10-12-5-3-7-15-16(12)14(13)8-9-17-15/h1-9H,10H2. The summed E-state index contributed by atoms with van der Waals surface area (Å²) in [5.74, 6) is 0. The molecule has 0 amide bonds. The number of rotatable bonds is 0. The van der Waals surface area contributed by atoms with E-state index in [2.05, 4.69) is 53.5 Å². The predicted octanol–water partition coefficient (Wildman–Crippen LogP) is 3.81. The van der Waals surface area contributed by atoms with Gasteiger partial charge in [0.2, 0.25) is 0 Å². The molecule has 1 aromatic heterocycles. The van der Waals surface area contributed by atoms with Gasteiger partial charge in [0.15, 0.2) is 0 Å². The largest absolute Gasteiger partial charge is 0.256 e. The molecule has 1 heterocycles. The highest BCUT2D eigenvalue weighted by Gasteiger charge is 2.17. The first kappa shape index (κ1) is 8.94. The van der Waals surface area contributed by atoms with Crippen LogP contribution in [0.15, 0.2) is 54.7 Å². The molecule has 0 unspecified atom stereocenters. The van der Waals surface area contributed by atoms with Gasteiger partial charge in [-0.25, -0.2) is 0 Å².